The summed E-state index contributed by atoms with van der Waals surface area (Å²) < 4.78 is 21.6. The zero-order valence-corrected chi connectivity index (χ0v) is 19.1. The highest BCUT2D eigenvalue weighted by Gasteiger charge is 2.36. The average molecular weight is 470 g/mol. The van der Waals surface area contributed by atoms with Gasteiger partial charge in [0, 0.05) is 24.0 Å². The summed E-state index contributed by atoms with van der Waals surface area (Å²) in [4.78, 5) is 27.8. The molecule has 7 nitrogen and oxygen atoms in total. The fourth-order valence-corrected chi connectivity index (χ4v) is 3.95. The number of benzene rings is 2. The molecule has 0 aliphatic carbocycles. The Morgan fingerprint density at radius 2 is 1.55 bits per heavy atom. The molecule has 2 aliphatic rings. The van der Waals surface area contributed by atoms with Crippen molar-refractivity contribution in [3.63, 3.8) is 0 Å². The number of fused-ring (bicyclic) bond motifs is 1. The summed E-state index contributed by atoms with van der Waals surface area (Å²) in [7, 11) is 0. The van der Waals surface area contributed by atoms with Gasteiger partial charge in [0.25, 0.3) is 0 Å². The number of carbonyl (C=O) groups is 2. The van der Waals surface area contributed by atoms with E-state index in [2.05, 4.69) is 0 Å². The van der Waals surface area contributed by atoms with Gasteiger partial charge in [-0.25, -0.2) is 9.59 Å². The van der Waals surface area contributed by atoms with E-state index in [-0.39, 0.29) is 20.0 Å². The number of ether oxygens (including phenoxy) is 4. The highest BCUT2D eigenvalue weighted by atomic mass is 35.5. The molecule has 4 rings (SSSR count). The molecule has 8 heteroatoms. The van der Waals surface area contributed by atoms with Crippen LogP contribution in [-0.4, -0.2) is 36.8 Å². The molecule has 0 radical (unpaired) electrons. The van der Waals surface area contributed by atoms with Crippen molar-refractivity contribution in [2.24, 2.45) is 0 Å². The van der Waals surface area contributed by atoms with E-state index in [0.29, 0.717) is 39.8 Å². The summed E-state index contributed by atoms with van der Waals surface area (Å²) >= 11 is 6.00. The SMILES string of the molecule is CCOC(=O)C1=CN(Cc2ccc(Cl)cc2)C=C(C(=O)OCC)C1c1ccc2c(c1)OCO2. The topological polar surface area (TPSA) is 74.3 Å². The number of nitrogens with zero attached hydrogens (tertiary/aromatic N) is 1. The van der Waals surface area contributed by atoms with Crippen LogP contribution in [0.25, 0.3) is 0 Å². The lowest BCUT2D eigenvalue weighted by Crippen LogP contribution is -2.29. The number of hydrogen-bond acceptors (Lipinski definition) is 7. The van der Waals surface area contributed by atoms with E-state index in [1.165, 1.54) is 0 Å². The number of carbonyl (C=O) groups excluding carboxylic acids is 2. The van der Waals surface area contributed by atoms with Crippen LogP contribution >= 0.6 is 11.6 Å². The normalized spacial score (nSPS) is 15.1. The van der Waals surface area contributed by atoms with Crippen molar-refractivity contribution in [1.29, 1.82) is 0 Å². The Kier molecular flexibility index (Phi) is 6.89. The van der Waals surface area contributed by atoms with Gasteiger partial charge in [-0.1, -0.05) is 29.8 Å². The molecule has 0 amide bonds. The van der Waals surface area contributed by atoms with Crippen LogP contribution in [0.3, 0.4) is 0 Å². The molecule has 0 aromatic heterocycles. The smallest absolute Gasteiger partial charge is 0.336 e. The van der Waals surface area contributed by atoms with E-state index in [9.17, 15) is 9.59 Å². The number of esters is 2. The van der Waals surface area contributed by atoms with Gasteiger partial charge in [0.1, 0.15) is 0 Å². The molecule has 0 fully saturated rings. The first-order chi connectivity index (χ1) is 16.0. The van der Waals surface area contributed by atoms with Gasteiger partial charge in [-0.3, -0.25) is 0 Å². The first-order valence-electron chi connectivity index (χ1n) is 10.7. The van der Waals surface area contributed by atoms with Crippen molar-refractivity contribution in [2.75, 3.05) is 20.0 Å². The monoisotopic (exact) mass is 469 g/mol. The Labute approximate surface area is 197 Å². The Hall–Kier alpha value is -3.45. The second kappa shape index (κ2) is 10.0. The van der Waals surface area contributed by atoms with Crippen LogP contribution in [-0.2, 0) is 25.6 Å². The highest BCUT2D eigenvalue weighted by molar-refractivity contribution is 6.30. The maximum atomic E-state index is 13.0. The molecule has 2 heterocycles. The molecule has 2 aromatic rings. The molecule has 33 heavy (non-hydrogen) atoms. The second-order valence-corrected chi connectivity index (χ2v) is 7.89. The zero-order valence-electron chi connectivity index (χ0n) is 18.4. The molecular weight excluding hydrogens is 446 g/mol. The maximum absolute atomic E-state index is 13.0. The van der Waals surface area contributed by atoms with Crippen molar-refractivity contribution in [1.82, 2.24) is 4.90 Å². The Bertz CT molecular complexity index is 1070. The van der Waals surface area contributed by atoms with Gasteiger partial charge in [0.15, 0.2) is 11.5 Å². The zero-order chi connectivity index (χ0) is 23.4. The van der Waals surface area contributed by atoms with Crippen molar-refractivity contribution < 1.29 is 28.5 Å². The summed E-state index contributed by atoms with van der Waals surface area (Å²) in [6, 6.07) is 12.7. The van der Waals surface area contributed by atoms with Crippen molar-refractivity contribution in [2.45, 2.75) is 26.3 Å². The lowest BCUT2D eigenvalue weighted by molar-refractivity contribution is -0.139. The average Bonchev–Trinajstić information content (AvgIpc) is 3.28. The molecule has 0 bridgehead atoms. The van der Waals surface area contributed by atoms with Crippen LogP contribution in [0.2, 0.25) is 5.02 Å². The van der Waals surface area contributed by atoms with Crippen molar-refractivity contribution >= 4 is 23.5 Å². The van der Waals surface area contributed by atoms with E-state index in [0.717, 1.165) is 5.56 Å². The predicted molar refractivity (Wildman–Crippen MR) is 122 cm³/mol. The molecular formula is C25H24ClNO6. The molecule has 2 aromatic carbocycles. The largest absolute Gasteiger partial charge is 0.463 e. The summed E-state index contributed by atoms with van der Waals surface area (Å²) in [5.41, 5.74) is 2.31. The minimum atomic E-state index is -0.681. The van der Waals surface area contributed by atoms with Crippen LogP contribution < -0.4 is 9.47 Å². The van der Waals surface area contributed by atoms with Gasteiger partial charge < -0.3 is 23.8 Å². The Morgan fingerprint density at radius 3 is 2.15 bits per heavy atom. The molecule has 0 saturated carbocycles. The summed E-state index contributed by atoms with van der Waals surface area (Å²) in [5, 5.41) is 0.630. The molecule has 0 N–H and O–H groups in total. The predicted octanol–water partition coefficient (Wildman–Crippen LogP) is 4.56. The van der Waals surface area contributed by atoms with E-state index in [1.54, 1.807) is 55.4 Å². The third-order valence-electron chi connectivity index (χ3n) is 5.26. The van der Waals surface area contributed by atoms with E-state index >= 15 is 0 Å². The van der Waals surface area contributed by atoms with Gasteiger partial charge >= 0.3 is 11.9 Å². The first-order valence-corrected chi connectivity index (χ1v) is 11.0. The summed E-state index contributed by atoms with van der Waals surface area (Å²) in [5.74, 6) is -0.517. The number of halogens is 1. The maximum Gasteiger partial charge on any atom is 0.336 e. The Balaban J connectivity index is 1.77. The quantitative estimate of drug-likeness (QED) is 0.550. The van der Waals surface area contributed by atoms with Gasteiger partial charge in [-0.2, -0.15) is 0 Å². The fourth-order valence-electron chi connectivity index (χ4n) is 3.82. The third-order valence-corrected chi connectivity index (χ3v) is 5.51. The van der Waals surface area contributed by atoms with Gasteiger partial charge in [0.05, 0.1) is 30.3 Å². The number of rotatable bonds is 7. The number of hydrogen-bond donors (Lipinski definition) is 0. The molecule has 2 aliphatic heterocycles. The van der Waals surface area contributed by atoms with Crippen LogP contribution in [0.4, 0.5) is 0 Å². The minimum absolute atomic E-state index is 0.124. The van der Waals surface area contributed by atoms with Gasteiger partial charge in [0.2, 0.25) is 6.79 Å². The summed E-state index contributed by atoms with van der Waals surface area (Å²) in [6.07, 6.45) is 3.43. The van der Waals surface area contributed by atoms with Crippen LogP contribution in [0.1, 0.15) is 30.9 Å². The third kappa shape index (κ3) is 4.98. The molecule has 0 saturated heterocycles. The van der Waals surface area contributed by atoms with E-state index < -0.39 is 17.9 Å². The van der Waals surface area contributed by atoms with E-state index in [4.69, 9.17) is 30.5 Å². The van der Waals surface area contributed by atoms with Gasteiger partial charge in [-0.15, -0.1) is 0 Å². The minimum Gasteiger partial charge on any atom is -0.463 e. The molecule has 0 unspecified atom stereocenters. The van der Waals surface area contributed by atoms with Crippen molar-refractivity contribution in [3.05, 3.63) is 82.2 Å². The fraction of sp³-hybridized carbons (Fsp3) is 0.280. The highest BCUT2D eigenvalue weighted by Crippen LogP contribution is 2.42. The first kappa shape index (κ1) is 22.7. The Morgan fingerprint density at radius 1 is 0.939 bits per heavy atom. The van der Waals surface area contributed by atoms with Crippen LogP contribution in [0, 0.1) is 0 Å². The van der Waals surface area contributed by atoms with Gasteiger partial charge in [-0.05, 0) is 49.2 Å². The van der Waals surface area contributed by atoms with E-state index in [1.807, 2.05) is 18.2 Å². The second-order valence-electron chi connectivity index (χ2n) is 7.45. The lowest BCUT2D eigenvalue weighted by atomic mass is 9.83. The van der Waals surface area contributed by atoms with Crippen LogP contribution in [0.5, 0.6) is 11.5 Å². The van der Waals surface area contributed by atoms with Crippen LogP contribution in [0.15, 0.2) is 66.0 Å². The molecule has 172 valence electrons. The molecule has 0 spiro atoms. The summed E-state index contributed by atoms with van der Waals surface area (Å²) in [6.45, 7) is 4.45. The molecule has 0 atom stereocenters. The van der Waals surface area contributed by atoms with Crippen molar-refractivity contribution in [3.8, 4) is 11.5 Å². The standard InChI is InChI=1S/C25H24ClNO6/c1-3-30-24(28)19-13-27(12-16-5-8-18(26)9-6-16)14-20(25(29)31-4-2)23(19)17-7-10-21-22(11-17)33-15-32-21/h5-11,13-14,23H,3-4,12,15H2,1-2H3. The lowest BCUT2D eigenvalue weighted by Gasteiger charge is -2.30.